The first kappa shape index (κ1) is 27.7. The van der Waals surface area contributed by atoms with Gasteiger partial charge in [-0.3, -0.25) is 0 Å². The highest BCUT2D eigenvalue weighted by Crippen LogP contribution is 2.59. The van der Waals surface area contributed by atoms with Crippen molar-refractivity contribution in [2.75, 3.05) is 6.61 Å². The van der Waals surface area contributed by atoms with Gasteiger partial charge in [-0.1, -0.05) is 45.3 Å². The third-order valence-corrected chi connectivity index (χ3v) is 11.8. The largest absolute Gasteiger partial charge is 0.375 e. The molecule has 1 spiro atoms. The van der Waals surface area contributed by atoms with Crippen LogP contribution in [0, 0.1) is 41.4 Å². The summed E-state index contributed by atoms with van der Waals surface area (Å²) < 4.78 is 21.9. The van der Waals surface area contributed by atoms with Gasteiger partial charge in [0.25, 0.3) is 0 Å². The van der Waals surface area contributed by atoms with Gasteiger partial charge in [0.2, 0.25) is 0 Å². The zero-order chi connectivity index (χ0) is 25.8. The molecule has 1 heterocycles. The van der Waals surface area contributed by atoms with E-state index in [4.69, 9.17) is 4.74 Å². The van der Waals surface area contributed by atoms with Gasteiger partial charge in [-0.15, -0.1) is 0 Å². The molecule has 0 bridgehead atoms. The summed E-state index contributed by atoms with van der Waals surface area (Å²) in [7, 11) is 0. The summed E-state index contributed by atoms with van der Waals surface area (Å²) in [6, 6.07) is 0. The lowest BCUT2D eigenvalue weighted by Crippen LogP contribution is -2.43. The van der Waals surface area contributed by atoms with Gasteiger partial charge in [-0.2, -0.15) is 0 Å². The predicted molar refractivity (Wildman–Crippen MR) is 154 cm³/mol. The Bertz CT molecular complexity index is 814. The van der Waals surface area contributed by atoms with Crippen molar-refractivity contribution in [1.29, 1.82) is 0 Å². The van der Waals surface area contributed by atoms with E-state index in [2.05, 4.69) is 26.5 Å². The van der Waals surface area contributed by atoms with Crippen LogP contribution < -0.4 is 0 Å². The highest BCUT2D eigenvalue weighted by Gasteiger charge is 2.56. The quantitative estimate of drug-likeness (QED) is 0.221. The van der Waals surface area contributed by atoms with E-state index in [1.165, 1.54) is 108 Å². The zero-order valence-electron chi connectivity index (χ0n) is 24.1. The summed E-state index contributed by atoms with van der Waals surface area (Å²) in [5, 5.41) is 0. The van der Waals surface area contributed by atoms with Gasteiger partial charge in [0.15, 0.2) is 0 Å². The highest BCUT2D eigenvalue weighted by molar-refractivity contribution is 5.34. The van der Waals surface area contributed by atoms with E-state index in [1.54, 1.807) is 0 Å². The lowest BCUT2D eigenvalue weighted by molar-refractivity contribution is -0.120. The summed E-state index contributed by atoms with van der Waals surface area (Å²) in [6.07, 6.45) is 27.4. The van der Waals surface area contributed by atoms with Crippen molar-refractivity contribution in [2.24, 2.45) is 41.4 Å². The SMILES string of the molecule is C=C(/C(F)=C\C(=C/C)C1CCC(CCCCC)CC1)C1CCC(C2CCC3(CC2)OCCC2C[C@H]23)CC1. The lowest BCUT2D eigenvalue weighted by atomic mass is 9.66. The molecular formula is C35H55FO. The van der Waals surface area contributed by atoms with Gasteiger partial charge >= 0.3 is 0 Å². The molecule has 1 unspecified atom stereocenters. The van der Waals surface area contributed by atoms with Crippen LogP contribution >= 0.6 is 0 Å². The van der Waals surface area contributed by atoms with E-state index in [-0.39, 0.29) is 11.4 Å². The van der Waals surface area contributed by atoms with Crippen LogP contribution in [-0.4, -0.2) is 12.2 Å². The molecule has 2 atom stereocenters. The van der Waals surface area contributed by atoms with Gasteiger partial charge in [0.05, 0.1) is 5.60 Å². The number of rotatable bonds is 9. The molecule has 0 N–H and O–H groups in total. The molecule has 0 amide bonds. The van der Waals surface area contributed by atoms with Crippen LogP contribution in [0.15, 0.2) is 35.7 Å². The second-order valence-electron chi connectivity index (χ2n) is 13.8. The zero-order valence-corrected chi connectivity index (χ0v) is 24.1. The monoisotopic (exact) mass is 510 g/mol. The molecule has 5 fully saturated rings. The fraction of sp³-hybridized carbons (Fsp3) is 0.829. The predicted octanol–water partition coefficient (Wildman–Crippen LogP) is 10.5. The van der Waals surface area contributed by atoms with Crippen molar-refractivity contribution in [2.45, 2.75) is 135 Å². The van der Waals surface area contributed by atoms with Crippen molar-refractivity contribution >= 4 is 0 Å². The highest BCUT2D eigenvalue weighted by atomic mass is 19.1. The standard InChI is InChI=1S/C35H55FO/c1-4-6-7-8-26-9-11-29(12-10-26)27(5-2)24-34(36)25(3)28-13-15-30(16-14-28)31-17-20-35(21-18-31)33-23-32(33)19-22-37-35/h5,24,26,28-33H,3-4,6-23H2,1-2H3/b27-5+,34-24+/t26?,28?,29?,30?,31?,32?,33-,35?/m1/s1. The summed E-state index contributed by atoms with van der Waals surface area (Å²) in [5.41, 5.74) is 2.26. The van der Waals surface area contributed by atoms with E-state index in [1.807, 2.05) is 6.08 Å². The first-order chi connectivity index (χ1) is 18.0. The first-order valence-corrected chi connectivity index (χ1v) is 16.4. The maximum atomic E-state index is 15.5. The number of allylic oxidation sites excluding steroid dienone is 5. The fourth-order valence-electron chi connectivity index (χ4n) is 9.12. The third kappa shape index (κ3) is 6.47. The summed E-state index contributed by atoms with van der Waals surface area (Å²) in [5.74, 6) is 5.33. The minimum atomic E-state index is -0.0327. The molecule has 5 rings (SSSR count). The van der Waals surface area contributed by atoms with Crippen LogP contribution in [0.2, 0.25) is 0 Å². The van der Waals surface area contributed by atoms with E-state index in [9.17, 15) is 0 Å². The van der Waals surface area contributed by atoms with Crippen LogP contribution in [0.4, 0.5) is 4.39 Å². The summed E-state index contributed by atoms with van der Waals surface area (Å²) in [4.78, 5) is 0. The molecule has 2 heteroatoms. The summed E-state index contributed by atoms with van der Waals surface area (Å²) >= 11 is 0. The maximum Gasteiger partial charge on any atom is 0.126 e. The van der Waals surface area contributed by atoms with Gasteiger partial charge in [0.1, 0.15) is 5.83 Å². The minimum absolute atomic E-state index is 0.0327. The van der Waals surface area contributed by atoms with Crippen LogP contribution in [0.1, 0.15) is 129 Å². The van der Waals surface area contributed by atoms with Crippen LogP contribution in [0.5, 0.6) is 0 Å². The van der Waals surface area contributed by atoms with E-state index in [0.29, 0.717) is 11.8 Å². The van der Waals surface area contributed by atoms with Crippen LogP contribution in [-0.2, 0) is 4.74 Å². The van der Waals surface area contributed by atoms with Crippen LogP contribution in [0.3, 0.4) is 0 Å². The molecule has 0 aromatic rings. The average molecular weight is 511 g/mol. The lowest BCUT2D eigenvalue weighted by Gasteiger charge is -2.45. The molecule has 4 aliphatic carbocycles. The van der Waals surface area contributed by atoms with Gasteiger partial charge < -0.3 is 4.74 Å². The van der Waals surface area contributed by atoms with E-state index in [0.717, 1.165) is 54.6 Å². The van der Waals surface area contributed by atoms with E-state index < -0.39 is 0 Å². The van der Waals surface area contributed by atoms with Gasteiger partial charge in [-0.05, 0) is 155 Å². The summed E-state index contributed by atoms with van der Waals surface area (Å²) in [6.45, 7) is 9.67. The Kier molecular flexibility index (Phi) is 9.37. The number of unbranched alkanes of at least 4 members (excludes halogenated alkanes) is 2. The number of fused-ring (bicyclic) bond motifs is 2. The molecule has 5 aliphatic rings. The number of hydrogen-bond donors (Lipinski definition) is 0. The van der Waals surface area contributed by atoms with Crippen molar-refractivity contribution < 1.29 is 9.13 Å². The topological polar surface area (TPSA) is 9.23 Å². The molecule has 1 nitrogen and oxygen atoms in total. The molecule has 4 saturated carbocycles. The van der Waals surface area contributed by atoms with Crippen molar-refractivity contribution in [3.05, 3.63) is 35.7 Å². The molecule has 1 saturated heterocycles. The molecular weight excluding hydrogens is 455 g/mol. The van der Waals surface area contributed by atoms with Crippen molar-refractivity contribution in [3.63, 3.8) is 0 Å². The third-order valence-electron chi connectivity index (χ3n) is 11.8. The average Bonchev–Trinajstić information content (AvgIpc) is 3.74. The Morgan fingerprint density at radius 2 is 1.54 bits per heavy atom. The maximum absolute atomic E-state index is 15.5. The molecule has 1 aliphatic heterocycles. The second-order valence-corrected chi connectivity index (χ2v) is 13.8. The Labute approximate surface area is 227 Å². The Morgan fingerprint density at radius 1 is 0.865 bits per heavy atom. The Morgan fingerprint density at radius 3 is 2.22 bits per heavy atom. The molecule has 0 aromatic heterocycles. The normalized spacial score (nSPS) is 40.9. The number of ether oxygens (including phenoxy) is 1. The Hall–Kier alpha value is -0.890. The molecule has 0 aromatic carbocycles. The van der Waals surface area contributed by atoms with Crippen molar-refractivity contribution in [3.8, 4) is 0 Å². The van der Waals surface area contributed by atoms with Gasteiger partial charge in [-0.25, -0.2) is 4.39 Å². The number of hydrogen-bond acceptors (Lipinski definition) is 1. The second kappa shape index (κ2) is 12.5. The van der Waals surface area contributed by atoms with E-state index >= 15 is 4.39 Å². The smallest absolute Gasteiger partial charge is 0.126 e. The molecule has 0 radical (unpaired) electrons. The van der Waals surface area contributed by atoms with Crippen LogP contribution in [0.25, 0.3) is 0 Å². The Balaban J connectivity index is 1.06. The molecule has 37 heavy (non-hydrogen) atoms. The number of halogens is 1. The fourth-order valence-corrected chi connectivity index (χ4v) is 9.12. The van der Waals surface area contributed by atoms with Crippen molar-refractivity contribution in [1.82, 2.24) is 0 Å². The van der Waals surface area contributed by atoms with Gasteiger partial charge in [0, 0.05) is 6.61 Å². The minimum Gasteiger partial charge on any atom is -0.375 e. The first-order valence-electron chi connectivity index (χ1n) is 16.4. The molecule has 208 valence electrons.